The summed E-state index contributed by atoms with van der Waals surface area (Å²) in [6, 6.07) is 5.54. The molecule has 0 atom stereocenters. The number of carbonyl (C=O) groups is 2. The molecule has 34 heavy (non-hydrogen) atoms. The summed E-state index contributed by atoms with van der Waals surface area (Å²) >= 11 is 0. The lowest BCUT2D eigenvalue weighted by Gasteiger charge is -2.30. The molecule has 8 heteroatoms. The molecule has 1 amide bonds. The Balaban J connectivity index is 1.52. The number of aromatic carboxylic acids is 1. The third-order valence-corrected chi connectivity index (χ3v) is 6.80. The Bertz CT molecular complexity index is 998. The number of benzene rings is 1. The first kappa shape index (κ1) is 25.7. The lowest BCUT2D eigenvalue weighted by atomic mass is 9.93. The smallest absolute Gasteiger partial charge is 0.339 e. The number of fused-ring (bicyclic) bond motifs is 1. The van der Waals surface area contributed by atoms with Crippen LogP contribution in [0.25, 0.3) is 10.9 Å². The van der Waals surface area contributed by atoms with Crippen LogP contribution < -0.4 is 15.8 Å². The van der Waals surface area contributed by atoms with Crippen molar-refractivity contribution in [1.82, 2.24) is 10.3 Å². The zero-order chi connectivity index (χ0) is 24.7. The Labute approximate surface area is 201 Å². The van der Waals surface area contributed by atoms with Gasteiger partial charge in [-0.25, -0.2) is 4.79 Å². The number of anilines is 1. The summed E-state index contributed by atoms with van der Waals surface area (Å²) in [7, 11) is 0. The summed E-state index contributed by atoms with van der Waals surface area (Å²) in [5, 5.41) is 13.1. The van der Waals surface area contributed by atoms with Crippen LogP contribution in [0.2, 0.25) is 0 Å². The van der Waals surface area contributed by atoms with E-state index in [1.165, 1.54) is 0 Å². The monoisotopic (exact) mass is 471 g/mol. The van der Waals surface area contributed by atoms with Gasteiger partial charge in [-0.2, -0.15) is 0 Å². The Morgan fingerprint density at radius 1 is 1.21 bits per heavy atom. The van der Waals surface area contributed by atoms with Gasteiger partial charge in [-0.15, -0.1) is 0 Å². The molecule has 0 bridgehead atoms. The van der Waals surface area contributed by atoms with E-state index in [1.54, 1.807) is 19.1 Å². The van der Waals surface area contributed by atoms with E-state index in [0.717, 1.165) is 44.9 Å². The number of aromatic nitrogens is 1. The quantitative estimate of drug-likeness (QED) is 0.413. The summed E-state index contributed by atoms with van der Waals surface area (Å²) < 4.78 is 11.8. The lowest BCUT2D eigenvalue weighted by molar-refractivity contribution is -0.126. The molecule has 1 aliphatic carbocycles. The number of aryl methyl sites for hydroxylation is 1. The third-order valence-electron chi connectivity index (χ3n) is 6.80. The molecule has 0 radical (unpaired) electrons. The summed E-state index contributed by atoms with van der Waals surface area (Å²) in [6.07, 6.45) is 6.40. The molecule has 186 valence electrons. The number of hydrogen-bond acceptors (Lipinski definition) is 6. The van der Waals surface area contributed by atoms with Crippen molar-refractivity contribution >= 4 is 28.5 Å². The highest BCUT2D eigenvalue weighted by Crippen LogP contribution is 2.35. The fraction of sp³-hybridized carbons (Fsp3) is 0.577. The molecule has 2 aromatic rings. The van der Waals surface area contributed by atoms with E-state index in [4.69, 9.17) is 15.2 Å². The van der Waals surface area contributed by atoms with E-state index in [1.807, 2.05) is 6.07 Å². The minimum Gasteiger partial charge on any atom is -0.490 e. The maximum atomic E-state index is 12.2. The first-order valence-electron chi connectivity index (χ1n) is 12.3. The Kier molecular flexibility index (Phi) is 9.10. The minimum absolute atomic E-state index is 0.0112. The third kappa shape index (κ3) is 6.38. The standard InChI is InChI=1S/C26H37N3O5/c1-4-17(5-2)13-14-33-15-22(30)29-18-9-11-19(12-10-18)34-21-8-6-7-20-24(21)25(27)23(26(31)32)16(3)28-20/h6-8,17-19H,4-5,9-15H2,1-3H3,(H2,27,28)(H,29,30)(H,31,32)/t18-,19-. The zero-order valence-electron chi connectivity index (χ0n) is 20.4. The van der Waals surface area contributed by atoms with Crippen molar-refractivity contribution in [2.45, 2.75) is 77.9 Å². The normalized spacial score (nSPS) is 18.2. The highest BCUT2D eigenvalue weighted by molar-refractivity contribution is 6.06. The second-order valence-electron chi connectivity index (χ2n) is 9.12. The maximum Gasteiger partial charge on any atom is 0.339 e. The lowest BCUT2D eigenvalue weighted by Crippen LogP contribution is -2.41. The van der Waals surface area contributed by atoms with Crippen LogP contribution in [0.5, 0.6) is 5.75 Å². The second-order valence-corrected chi connectivity index (χ2v) is 9.12. The number of pyridine rings is 1. The maximum absolute atomic E-state index is 12.2. The van der Waals surface area contributed by atoms with Gasteiger partial charge >= 0.3 is 5.97 Å². The van der Waals surface area contributed by atoms with Crippen molar-refractivity contribution in [3.8, 4) is 5.75 Å². The van der Waals surface area contributed by atoms with Gasteiger partial charge < -0.3 is 25.6 Å². The highest BCUT2D eigenvalue weighted by atomic mass is 16.5. The van der Waals surface area contributed by atoms with Crippen molar-refractivity contribution in [3.63, 3.8) is 0 Å². The van der Waals surface area contributed by atoms with Gasteiger partial charge in [0.25, 0.3) is 0 Å². The number of carbonyl (C=O) groups excluding carboxylic acids is 1. The van der Waals surface area contributed by atoms with Crippen molar-refractivity contribution in [3.05, 3.63) is 29.5 Å². The highest BCUT2D eigenvalue weighted by Gasteiger charge is 2.25. The molecule has 8 nitrogen and oxygen atoms in total. The van der Waals surface area contributed by atoms with Gasteiger partial charge in [0.1, 0.15) is 17.9 Å². The van der Waals surface area contributed by atoms with Gasteiger partial charge in [0.05, 0.1) is 28.4 Å². The van der Waals surface area contributed by atoms with Crippen LogP contribution in [0.15, 0.2) is 18.2 Å². The summed E-state index contributed by atoms with van der Waals surface area (Å²) in [6.45, 7) is 6.72. The SMILES string of the molecule is CCC(CC)CCOCC(=O)N[C@H]1CC[C@H](Oc2cccc3nc(C)c(C(=O)O)c(N)c23)CC1. The van der Waals surface area contributed by atoms with E-state index in [2.05, 4.69) is 24.1 Å². The molecule has 1 fully saturated rings. The molecule has 4 N–H and O–H groups in total. The number of ether oxygens (including phenoxy) is 2. The van der Waals surface area contributed by atoms with E-state index >= 15 is 0 Å². The van der Waals surface area contributed by atoms with Crippen LogP contribution in [0.3, 0.4) is 0 Å². The van der Waals surface area contributed by atoms with Gasteiger partial charge in [-0.05, 0) is 57.1 Å². The molecule has 0 unspecified atom stereocenters. The van der Waals surface area contributed by atoms with Crippen molar-refractivity contribution < 1.29 is 24.2 Å². The first-order valence-corrected chi connectivity index (χ1v) is 12.3. The number of carboxylic acid groups (broad SMARTS) is 1. The summed E-state index contributed by atoms with van der Waals surface area (Å²) in [5.41, 5.74) is 7.41. The van der Waals surface area contributed by atoms with E-state index in [0.29, 0.717) is 34.9 Å². The van der Waals surface area contributed by atoms with Crippen LogP contribution >= 0.6 is 0 Å². The second kappa shape index (κ2) is 12.0. The topological polar surface area (TPSA) is 124 Å². The molecule has 1 aliphatic rings. The molecule has 1 saturated carbocycles. The van der Waals surface area contributed by atoms with Crippen LogP contribution in [-0.4, -0.2) is 47.3 Å². The van der Waals surface area contributed by atoms with Crippen LogP contribution in [-0.2, 0) is 9.53 Å². The fourth-order valence-corrected chi connectivity index (χ4v) is 4.69. The number of amides is 1. The number of rotatable bonds is 11. The van der Waals surface area contributed by atoms with Crippen LogP contribution in [0.4, 0.5) is 5.69 Å². The molecule has 0 saturated heterocycles. The van der Waals surface area contributed by atoms with E-state index in [9.17, 15) is 14.7 Å². The van der Waals surface area contributed by atoms with E-state index < -0.39 is 5.97 Å². The predicted molar refractivity (Wildman–Crippen MR) is 132 cm³/mol. The van der Waals surface area contributed by atoms with Crippen LogP contribution in [0, 0.1) is 12.8 Å². The molecule has 1 heterocycles. The fourth-order valence-electron chi connectivity index (χ4n) is 4.69. The minimum atomic E-state index is -1.10. The Morgan fingerprint density at radius 3 is 2.56 bits per heavy atom. The van der Waals surface area contributed by atoms with Gasteiger partial charge in [0.2, 0.25) is 5.91 Å². The molecule has 0 aliphatic heterocycles. The molecule has 3 rings (SSSR count). The summed E-state index contributed by atoms with van der Waals surface area (Å²) in [4.78, 5) is 28.3. The van der Waals surface area contributed by atoms with E-state index in [-0.39, 0.29) is 35.9 Å². The number of nitrogen functional groups attached to an aromatic ring is 1. The number of nitrogens with zero attached hydrogens (tertiary/aromatic N) is 1. The average Bonchev–Trinajstić information content (AvgIpc) is 2.80. The molecular formula is C26H37N3O5. The first-order chi connectivity index (χ1) is 16.3. The number of nitrogens with two attached hydrogens (primary N) is 1. The van der Waals surface area contributed by atoms with Gasteiger partial charge in [-0.1, -0.05) is 32.8 Å². The van der Waals surface area contributed by atoms with Crippen molar-refractivity contribution in [2.24, 2.45) is 5.92 Å². The number of nitrogens with one attached hydrogen (secondary N) is 1. The number of carboxylic acids is 1. The van der Waals surface area contributed by atoms with Crippen LogP contribution in [0.1, 0.15) is 74.8 Å². The van der Waals surface area contributed by atoms with Gasteiger partial charge in [0.15, 0.2) is 0 Å². The van der Waals surface area contributed by atoms with Gasteiger partial charge in [0, 0.05) is 12.6 Å². The average molecular weight is 472 g/mol. The molecule has 0 spiro atoms. The molecule has 1 aromatic heterocycles. The van der Waals surface area contributed by atoms with Crippen molar-refractivity contribution in [2.75, 3.05) is 18.9 Å². The molecular weight excluding hydrogens is 434 g/mol. The summed E-state index contributed by atoms with van der Waals surface area (Å²) in [5.74, 6) is 0.0302. The molecule has 1 aromatic carbocycles. The predicted octanol–water partition coefficient (Wildman–Crippen LogP) is 4.47. The largest absolute Gasteiger partial charge is 0.490 e. The van der Waals surface area contributed by atoms with Gasteiger partial charge in [-0.3, -0.25) is 9.78 Å². The number of hydrogen-bond donors (Lipinski definition) is 3. The Morgan fingerprint density at radius 2 is 1.91 bits per heavy atom. The van der Waals surface area contributed by atoms with Crippen molar-refractivity contribution in [1.29, 1.82) is 0 Å². The zero-order valence-corrected chi connectivity index (χ0v) is 20.4. The Hall–Kier alpha value is -2.87.